The van der Waals surface area contributed by atoms with Gasteiger partial charge in [-0.15, -0.1) is 0 Å². The van der Waals surface area contributed by atoms with Crippen LogP contribution < -0.4 is 15.4 Å². The molecule has 0 fully saturated rings. The molecule has 0 aliphatic heterocycles. The summed E-state index contributed by atoms with van der Waals surface area (Å²) in [5.41, 5.74) is 0.609. The predicted molar refractivity (Wildman–Crippen MR) is 74.6 cm³/mol. The van der Waals surface area contributed by atoms with Gasteiger partial charge in [-0.2, -0.15) is 0 Å². The molecule has 2 N–H and O–H groups in total. The van der Waals surface area contributed by atoms with E-state index < -0.39 is 0 Å². The van der Waals surface area contributed by atoms with Crippen LogP contribution in [0, 0.1) is 0 Å². The normalized spacial score (nSPS) is 11.7. The number of nitrogens with one attached hydrogen (secondary N) is 2. The number of methoxy groups -OCH3 is 1. The average molecular weight is 275 g/mol. The molecule has 2 heterocycles. The monoisotopic (exact) mass is 275 g/mol. The summed E-state index contributed by atoms with van der Waals surface area (Å²) in [6, 6.07) is 3.12. The van der Waals surface area contributed by atoms with Crippen LogP contribution in [0.5, 0.6) is 5.88 Å². The number of urea groups is 1. The van der Waals surface area contributed by atoms with Crippen molar-refractivity contribution in [1.29, 1.82) is 0 Å². The molecule has 2 aromatic heterocycles. The number of pyridine rings is 1. The lowest BCUT2D eigenvalue weighted by Gasteiger charge is -2.15. The second-order valence-electron chi connectivity index (χ2n) is 4.35. The van der Waals surface area contributed by atoms with Crippen LogP contribution in [0.4, 0.5) is 10.5 Å². The molecule has 106 valence electrons. The van der Waals surface area contributed by atoms with Gasteiger partial charge in [0.15, 0.2) is 0 Å². The summed E-state index contributed by atoms with van der Waals surface area (Å²) >= 11 is 0. The Morgan fingerprint density at radius 3 is 2.95 bits per heavy atom. The van der Waals surface area contributed by atoms with E-state index in [-0.39, 0.29) is 12.1 Å². The summed E-state index contributed by atoms with van der Waals surface area (Å²) in [4.78, 5) is 19.8. The number of hydrogen-bond acceptors (Lipinski definition) is 4. The van der Waals surface area contributed by atoms with Gasteiger partial charge >= 0.3 is 6.03 Å². The van der Waals surface area contributed by atoms with Crippen LogP contribution in [0.3, 0.4) is 0 Å². The highest BCUT2D eigenvalue weighted by Crippen LogP contribution is 2.10. The van der Waals surface area contributed by atoms with Crippen LogP contribution in [0.1, 0.15) is 6.92 Å². The van der Waals surface area contributed by atoms with Gasteiger partial charge < -0.3 is 19.9 Å². The topological polar surface area (TPSA) is 81.1 Å². The van der Waals surface area contributed by atoms with E-state index in [1.165, 1.54) is 0 Å². The summed E-state index contributed by atoms with van der Waals surface area (Å²) in [5, 5.41) is 5.55. The van der Waals surface area contributed by atoms with E-state index in [0.29, 0.717) is 18.1 Å². The van der Waals surface area contributed by atoms with Gasteiger partial charge in [0, 0.05) is 31.0 Å². The van der Waals surface area contributed by atoms with Gasteiger partial charge in [-0.05, 0) is 13.0 Å². The number of nitrogens with zero attached hydrogens (tertiary/aromatic N) is 3. The van der Waals surface area contributed by atoms with Gasteiger partial charge in [0.2, 0.25) is 5.88 Å². The number of aromatic nitrogens is 3. The molecule has 0 bridgehead atoms. The third-order valence-corrected chi connectivity index (χ3v) is 2.62. The molecule has 0 aromatic carbocycles. The van der Waals surface area contributed by atoms with Crippen molar-refractivity contribution in [2.24, 2.45) is 0 Å². The molecule has 0 radical (unpaired) electrons. The van der Waals surface area contributed by atoms with Gasteiger partial charge in [0.25, 0.3) is 0 Å². The fourth-order valence-corrected chi connectivity index (χ4v) is 1.72. The number of amides is 2. The zero-order valence-electron chi connectivity index (χ0n) is 11.4. The van der Waals surface area contributed by atoms with Crippen molar-refractivity contribution in [2.75, 3.05) is 12.4 Å². The molecular weight excluding hydrogens is 258 g/mol. The van der Waals surface area contributed by atoms with Gasteiger partial charge in [-0.25, -0.2) is 14.8 Å². The van der Waals surface area contributed by atoms with Crippen LogP contribution >= 0.6 is 0 Å². The van der Waals surface area contributed by atoms with Gasteiger partial charge in [0.05, 0.1) is 25.3 Å². The van der Waals surface area contributed by atoms with Crippen molar-refractivity contribution in [1.82, 2.24) is 19.9 Å². The van der Waals surface area contributed by atoms with E-state index >= 15 is 0 Å². The van der Waals surface area contributed by atoms with E-state index in [1.807, 2.05) is 17.7 Å². The average Bonchev–Trinajstić information content (AvgIpc) is 2.92. The third kappa shape index (κ3) is 3.98. The molecule has 1 atom stereocenters. The molecule has 2 aromatic rings. The van der Waals surface area contributed by atoms with Crippen LogP contribution in [0.2, 0.25) is 0 Å². The van der Waals surface area contributed by atoms with E-state index in [4.69, 9.17) is 4.74 Å². The van der Waals surface area contributed by atoms with Crippen molar-refractivity contribution in [3.05, 3.63) is 37.1 Å². The third-order valence-electron chi connectivity index (χ3n) is 2.62. The first-order valence-electron chi connectivity index (χ1n) is 6.20. The fraction of sp³-hybridized carbons (Fsp3) is 0.308. The summed E-state index contributed by atoms with van der Waals surface area (Å²) in [5.74, 6) is 0.504. The summed E-state index contributed by atoms with van der Waals surface area (Å²) < 4.78 is 6.85. The highest BCUT2D eigenvalue weighted by atomic mass is 16.5. The van der Waals surface area contributed by atoms with Crippen molar-refractivity contribution in [3.8, 4) is 5.88 Å². The first-order chi connectivity index (χ1) is 9.67. The van der Waals surface area contributed by atoms with Crippen LogP contribution in [0.15, 0.2) is 37.1 Å². The fourth-order valence-electron chi connectivity index (χ4n) is 1.72. The maximum atomic E-state index is 11.8. The minimum atomic E-state index is -0.274. The largest absolute Gasteiger partial charge is 0.481 e. The van der Waals surface area contributed by atoms with Crippen molar-refractivity contribution in [3.63, 3.8) is 0 Å². The Kier molecular flexibility index (Phi) is 4.54. The van der Waals surface area contributed by atoms with E-state index in [9.17, 15) is 4.79 Å². The lowest BCUT2D eigenvalue weighted by Crippen LogP contribution is -2.38. The molecule has 0 aliphatic rings. The molecule has 2 amide bonds. The standard InChI is InChI=1S/C13H17N5O2/c1-10(8-18-6-5-14-9-18)16-13(19)17-11-3-4-12(20-2)15-7-11/h3-7,9-10H,8H2,1-2H3,(H2,16,17,19). The molecule has 7 heteroatoms. The smallest absolute Gasteiger partial charge is 0.319 e. The van der Waals surface area contributed by atoms with Crippen molar-refractivity contribution >= 4 is 11.7 Å². The Labute approximate surface area is 117 Å². The molecule has 0 saturated heterocycles. The lowest BCUT2D eigenvalue weighted by atomic mass is 10.3. The quantitative estimate of drug-likeness (QED) is 0.866. The first kappa shape index (κ1) is 13.9. The second kappa shape index (κ2) is 6.55. The Hall–Kier alpha value is -2.57. The first-order valence-corrected chi connectivity index (χ1v) is 6.20. The molecule has 0 saturated carbocycles. The lowest BCUT2D eigenvalue weighted by molar-refractivity contribution is 0.248. The van der Waals surface area contributed by atoms with Gasteiger partial charge in [0.1, 0.15) is 0 Å². The van der Waals surface area contributed by atoms with Gasteiger partial charge in [-0.3, -0.25) is 0 Å². The molecular formula is C13H17N5O2. The number of rotatable bonds is 5. The number of carbonyl (C=O) groups excluding carboxylic acids is 1. The SMILES string of the molecule is COc1ccc(NC(=O)NC(C)Cn2ccnc2)cn1. The zero-order chi connectivity index (χ0) is 14.4. The Bertz CT molecular complexity index is 538. The van der Waals surface area contributed by atoms with Crippen molar-refractivity contribution in [2.45, 2.75) is 19.5 Å². The summed E-state index contributed by atoms with van der Waals surface area (Å²) in [6.45, 7) is 2.58. The highest BCUT2D eigenvalue weighted by molar-refractivity contribution is 5.89. The van der Waals surface area contributed by atoms with Crippen LogP contribution in [0.25, 0.3) is 0 Å². The van der Waals surface area contributed by atoms with Gasteiger partial charge in [-0.1, -0.05) is 0 Å². The molecule has 0 aliphatic carbocycles. The van der Waals surface area contributed by atoms with Crippen molar-refractivity contribution < 1.29 is 9.53 Å². The number of carbonyl (C=O) groups is 1. The van der Waals surface area contributed by atoms with Crippen LogP contribution in [-0.4, -0.2) is 33.7 Å². The van der Waals surface area contributed by atoms with E-state index in [0.717, 1.165) is 0 Å². The minimum Gasteiger partial charge on any atom is -0.481 e. The maximum Gasteiger partial charge on any atom is 0.319 e. The van der Waals surface area contributed by atoms with E-state index in [2.05, 4.69) is 20.6 Å². The molecule has 20 heavy (non-hydrogen) atoms. The van der Waals surface area contributed by atoms with E-state index in [1.54, 1.807) is 38.0 Å². The zero-order valence-corrected chi connectivity index (χ0v) is 11.4. The molecule has 7 nitrogen and oxygen atoms in total. The summed E-state index contributed by atoms with van der Waals surface area (Å²) in [7, 11) is 1.54. The highest BCUT2D eigenvalue weighted by Gasteiger charge is 2.08. The Morgan fingerprint density at radius 1 is 1.50 bits per heavy atom. The number of imidazole rings is 1. The molecule has 0 spiro atoms. The number of ether oxygens (including phenoxy) is 1. The molecule has 2 rings (SSSR count). The Balaban J connectivity index is 1.82. The predicted octanol–water partition coefficient (Wildman–Crippen LogP) is 1.50. The second-order valence-corrected chi connectivity index (χ2v) is 4.35. The maximum absolute atomic E-state index is 11.8. The minimum absolute atomic E-state index is 0.0181. The summed E-state index contributed by atoms with van der Waals surface area (Å²) in [6.07, 6.45) is 6.81. The number of anilines is 1. The van der Waals surface area contributed by atoms with Crippen LogP contribution in [-0.2, 0) is 6.54 Å². The Morgan fingerprint density at radius 2 is 2.35 bits per heavy atom. The number of hydrogen-bond donors (Lipinski definition) is 2. The molecule has 1 unspecified atom stereocenters.